The highest BCUT2D eigenvalue weighted by atomic mass is 16.6. The van der Waals surface area contributed by atoms with Gasteiger partial charge in [-0.25, -0.2) is 19.7 Å². The number of Topliss-reactive ketones (excluding diaryl/α,β-unsaturated/α-hetero) is 1. The second-order valence-corrected chi connectivity index (χ2v) is 17.3. The molecule has 0 saturated carbocycles. The van der Waals surface area contributed by atoms with E-state index in [1.165, 1.54) is 23.7 Å². The van der Waals surface area contributed by atoms with Crippen molar-refractivity contribution in [2.24, 2.45) is 41.2 Å². The van der Waals surface area contributed by atoms with Gasteiger partial charge in [0, 0.05) is 78.2 Å². The van der Waals surface area contributed by atoms with Crippen LogP contribution in [0.1, 0.15) is 97.8 Å². The fourth-order valence-corrected chi connectivity index (χ4v) is 8.28. The van der Waals surface area contributed by atoms with Gasteiger partial charge < -0.3 is 52.3 Å². The molecule has 3 aromatic rings. The van der Waals surface area contributed by atoms with Crippen molar-refractivity contribution >= 4 is 30.3 Å². The van der Waals surface area contributed by atoms with Crippen molar-refractivity contribution in [2.75, 3.05) is 35.5 Å². The molecule has 12 atom stereocenters. The number of aromatic nitrogens is 3. The molecule has 2 amide bonds. The molecule has 4 rings (SSSR count). The van der Waals surface area contributed by atoms with Crippen LogP contribution in [0.4, 0.5) is 4.79 Å². The number of nitrogens with zero attached hydrogens (tertiary/aromatic N) is 4. The van der Waals surface area contributed by atoms with E-state index in [1.807, 2.05) is 65.8 Å². The van der Waals surface area contributed by atoms with Crippen LogP contribution >= 0.6 is 0 Å². The minimum Gasteiger partial charge on any atom is -0.462 e. The topological polar surface area (TPSA) is 231 Å². The average molecular weight is 924 g/mol. The number of esters is 1. The highest BCUT2D eigenvalue weighted by Gasteiger charge is 2.35. The van der Waals surface area contributed by atoms with Gasteiger partial charge in [0.05, 0.1) is 24.7 Å². The van der Waals surface area contributed by atoms with E-state index in [4.69, 9.17) is 47.4 Å². The molecule has 3 aromatic heterocycles. The minimum atomic E-state index is -1.01. The molecule has 6 bridgehead atoms. The molecule has 0 aliphatic carbocycles. The third kappa shape index (κ3) is 15.3. The van der Waals surface area contributed by atoms with Gasteiger partial charge in [0.2, 0.25) is 24.1 Å². The lowest BCUT2D eigenvalue weighted by atomic mass is 9.84. The predicted octanol–water partition coefficient (Wildman–Crippen LogP) is 8.00. The molecule has 2 N–H and O–H groups in total. The maximum Gasteiger partial charge on any atom is 0.404 e. The van der Waals surface area contributed by atoms with E-state index in [-0.39, 0.29) is 72.8 Å². The number of nitrogens with two attached hydrogens (primary N) is 1. The van der Waals surface area contributed by atoms with Crippen LogP contribution in [0.25, 0.3) is 29.2 Å². The Bertz CT molecular complexity index is 2070. The summed E-state index contributed by atoms with van der Waals surface area (Å²) in [6, 6.07) is 0. The molecular weight excluding hydrogens is 855 g/mol. The summed E-state index contributed by atoms with van der Waals surface area (Å²) in [7, 11) is 7.96. The standard InChI is InChI=1S/C48H69N5O13/c1-28-15-16-30(3)45(61-11)35-24-63-47(51-35)37-26-64-46(52-37)36-25-62-42(50-36)14-12-13-39(58-8)33(6)41(66-43(56)22-34(21-28)65-48(49)57)23-40(59-9)29(2)17-18-38(55)32(5)44(60-10)31(4)19-20-53(7)27-54/h12,14-16,19-20,24-34,39-41,44-45H,13,17-18,21-23H2,1-11H3,(H2,49,57)/b14-12+,16-15-,20-19+/t28-,29+,30+,31-,32+,33-,34+,39+,40+,41+,44-,45-/m1/s1. The van der Waals surface area contributed by atoms with Crippen LogP contribution < -0.4 is 5.73 Å². The number of carbonyl (C=O) groups is 4. The van der Waals surface area contributed by atoms with Gasteiger partial charge in [-0.2, -0.15) is 0 Å². The van der Waals surface area contributed by atoms with Crippen molar-refractivity contribution in [3.05, 3.63) is 60.9 Å². The van der Waals surface area contributed by atoms with Gasteiger partial charge in [-0.1, -0.05) is 65.8 Å². The number of carbonyl (C=O) groups excluding carboxylic acids is 4. The summed E-state index contributed by atoms with van der Waals surface area (Å²) in [6.07, 6.45) is 13.1. The van der Waals surface area contributed by atoms with Crippen LogP contribution in [0, 0.1) is 35.5 Å². The highest BCUT2D eigenvalue weighted by molar-refractivity contribution is 5.81. The van der Waals surface area contributed by atoms with Crippen molar-refractivity contribution in [3.63, 3.8) is 0 Å². The normalized spacial score (nSPS) is 25.6. The Morgan fingerprint density at radius 2 is 1.64 bits per heavy atom. The van der Waals surface area contributed by atoms with E-state index >= 15 is 0 Å². The van der Waals surface area contributed by atoms with Gasteiger partial charge in [-0.05, 0) is 37.2 Å². The molecule has 0 fully saturated rings. The third-order valence-corrected chi connectivity index (χ3v) is 12.3. The van der Waals surface area contributed by atoms with Crippen LogP contribution in [0.3, 0.4) is 0 Å². The Morgan fingerprint density at radius 1 is 0.939 bits per heavy atom. The van der Waals surface area contributed by atoms with Crippen molar-refractivity contribution < 1.29 is 60.9 Å². The summed E-state index contributed by atoms with van der Waals surface area (Å²) < 4.78 is 52.5. The van der Waals surface area contributed by atoms with E-state index < -0.39 is 54.6 Å². The minimum absolute atomic E-state index is 0.0308. The highest BCUT2D eigenvalue weighted by Crippen LogP contribution is 2.32. The lowest BCUT2D eigenvalue weighted by Crippen LogP contribution is -2.39. The molecule has 4 heterocycles. The first-order chi connectivity index (χ1) is 31.5. The molecule has 0 radical (unpaired) electrons. The molecule has 364 valence electrons. The summed E-state index contributed by atoms with van der Waals surface area (Å²) in [5.41, 5.74) is 6.77. The summed E-state index contributed by atoms with van der Waals surface area (Å²) in [5, 5.41) is 0. The average Bonchev–Trinajstić information content (AvgIpc) is 4.09. The van der Waals surface area contributed by atoms with Crippen molar-refractivity contribution in [3.8, 4) is 23.2 Å². The van der Waals surface area contributed by atoms with E-state index in [2.05, 4.69) is 15.0 Å². The number of amides is 2. The summed E-state index contributed by atoms with van der Waals surface area (Å²) >= 11 is 0. The second kappa shape index (κ2) is 26.0. The monoisotopic (exact) mass is 923 g/mol. The number of cyclic esters (lactones) is 1. The van der Waals surface area contributed by atoms with E-state index in [1.54, 1.807) is 47.8 Å². The van der Waals surface area contributed by atoms with Gasteiger partial charge in [-0.15, -0.1) is 0 Å². The third-order valence-electron chi connectivity index (χ3n) is 12.3. The second-order valence-electron chi connectivity index (χ2n) is 17.3. The lowest BCUT2D eigenvalue weighted by Gasteiger charge is -2.34. The molecule has 66 heavy (non-hydrogen) atoms. The van der Waals surface area contributed by atoms with Gasteiger partial charge in [0.1, 0.15) is 48.6 Å². The molecule has 0 spiro atoms. The molecule has 0 saturated heterocycles. The van der Waals surface area contributed by atoms with Crippen LogP contribution in [-0.2, 0) is 42.8 Å². The first-order valence-corrected chi connectivity index (χ1v) is 22.4. The summed E-state index contributed by atoms with van der Waals surface area (Å²) in [5.74, 6) is -1.23. The maximum atomic E-state index is 13.9. The first kappa shape index (κ1) is 53.2. The Labute approximate surface area is 387 Å². The maximum absolute atomic E-state index is 13.9. The number of oxazole rings is 3. The number of hydrogen-bond donors (Lipinski definition) is 1. The molecular formula is C48H69N5O13. The fourth-order valence-electron chi connectivity index (χ4n) is 8.28. The van der Waals surface area contributed by atoms with Crippen molar-refractivity contribution in [1.82, 2.24) is 19.9 Å². The SMILES string of the molecule is CO[C@H]([C@H](C)/C=C/N(C)C=O)[C@@H](C)C(=O)CC[C@H](C)[C@H](C[C@@H]1OC(=O)C[C@@H](OC(N)=O)C[C@H](C)/C=C\[C@H](C)[C@@H](OC)c2coc(n2)-c2coc(n2)-c2coc(n2)/C=C/C[C@H](OC)[C@H]1C)OC. The number of fused-ring (bicyclic) bond motifs is 8. The van der Waals surface area contributed by atoms with Crippen molar-refractivity contribution in [1.29, 1.82) is 0 Å². The van der Waals surface area contributed by atoms with Gasteiger partial charge in [0.25, 0.3) is 0 Å². The van der Waals surface area contributed by atoms with Gasteiger partial charge >= 0.3 is 12.1 Å². The Balaban J connectivity index is 1.60. The fraction of sp³-hybridized carbons (Fsp3) is 0.604. The van der Waals surface area contributed by atoms with E-state index in [0.29, 0.717) is 42.2 Å². The molecule has 0 unspecified atom stereocenters. The number of methoxy groups -OCH3 is 4. The quantitative estimate of drug-likeness (QED) is 0.0767. The van der Waals surface area contributed by atoms with Crippen LogP contribution in [0.15, 0.2) is 62.5 Å². The molecule has 18 nitrogen and oxygen atoms in total. The van der Waals surface area contributed by atoms with Crippen LogP contribution in [-0.4, -0.2) is 110 Å². The zero-order chi connectivity index (χ0) is 48.5. The number of primary amides is 1. The molecule has 18 heteroatoms. The molecule has 0 aromatic carbocycles. The lowest BCUT2D eigenvalue weighted by molar-refractivity contribution is -0.160. The van der Waals surface area contributed by atoms with Crippen LogP contribution in [0.5, 0.6) is 0 Å². The van der Waals surface area contributed by atoms with Gasteiger partial charge in [0.15, 0.2) is 11.4 Å². The Hall–Kier alpha value is -5.43. The smallest absolute Gasteiger partial charge is 0.404 e. The number of ether oxygens (including phenoxy) is 6. The van der Waals surface area contributed by atoms with Crippen LogP contribution in [0.2, 0.25) is 0 Å². The summed E-state index contributed by atoms with van der Waals surface area (Å²) in [4.78, 5) is 65.7. The van der Waals surface area contributed by atoms with Gasteiger partial charge in [-0.3, -0.25) is 14.4 Å². The number of rotatable bonds is 17. The summed E-state index contributed by atoms with van der Waals surface area (Å²) in [6.45, 7) is 11.6. The Morgan fingerprint density at radius 3 is 2.30 bits per heavy atom. The number of ketones is 1. The van der Waals surface area contributed by atoms with E-state index in [0.717, 1.165) is 0 Å². The first-order valence-electron chi connectivity index (χ1n) is 22.4. The van der Waals surface area contributed by atoms with Crippen molar-refractivity contribution in [2.45, 2.75) is 117 Å². The number of allylic oxidation sites excluding steroid dienone is 1. The zero-order valence-electron chi connectivity index (χ0n) is 40.1. The molecule has 1 aliphatic heterocycles. The van der Waals surface area contributed by atoms with E-state index in [9.17, 15) is 19.2 Å². The molecule has 1 aliphatic rings. The number of hydrogen-bond acceptors (Lipinski definition) is 16. The zero-order valence-corrected chi connectivity index (χ0v) is 40.1. The Kier molecular flexibility index (Phi) is 21.0. The predicted molar refractivity (Wildman–Crippen MR) is 243 cm³/mol. The largest absolute Gasteiger partial charge is 0.462 e.